The molecule has 7 nitrogen and oxygen atoms in total. The largest absolute Gasteiger partial charge is 0.670 e. The zero-order valence-electron chi connectivity index (χ0n) is 27.5. The fourth-order valence-electron chi connectivity index (χ4n) is 4.09. The van der Waals surface area contributed by atoms with Gasteiger partial charge in [0.2, 0.25) is 0 Å². The molecule has 0 fully saturated rings. The first kappa shape index (κ1) is 36.0. The van der Waals surface area contributed by atoms with Crippen LogP contribution in [0.3, 0.4) is 0 Å². The first-order valence-corrected chi connectivity index (χ1v) is 17.3. The average molecular weight is 694 g/mol. The second-order valence-corrected chi connectivity index (χ2v) is 12.9. The number of rotatable bonds is 6. The van der Waals surface area contributed by atoms with Gasteiger partial charge < -0.3 is 9.97 Å². The Labute approximate surface area is 282 Å². The van der Waals surface area contributed by atoms with Crippen LogP contribution >= 0.6 is 0 Å². The maximum atomic E-state index is 5.13. The molecule has 46 heavy (non-hydrogen) atoms. The monoisotopic (exact) mass is 695 g/mol. The summed E-state index contributed by atoms with van der Waals surface area (Å²) >= 11 is -0.553. The van der Waals surface area contributed by atoms with Crippen LogP contribution in [-0.4, -0.2) is 24.3 Å². The Morgan fingerprint density at radius 1 is 0.587 bits per heavy atom. The van der Waals surface area contributed by atoms with Crippen LogP contribution in [0.2, 0.25) is 0 Å². The molecule has 0 radical (unpaired) electrons. The van der Waals surface area contributed by atoms with Crippen LogP contribution in [0.25, 0.3) is 11.6 Å². The second-order valence-electron chi connectivity index (χ2n) is 11.3. The fraction of sp³-hybridized carbons (Fsp3) is 0.237. The molecule has 0 N–H and O–H groups in total. The maximum absolute atomic E-state index is 5.13. The van der Waals surface area contributed by atoms with Gasteiger partial charge >= 0.3 is 156 Å². The molecular formula is C38H43MoN7. The van der Waals surface area contributed by atoms with Crippen LogP contribution < -0.4 is 9.97 Å². The smallest absolute Gasteiger partial charge is 0.197 e. The van der Waals surface area contributed by atoms with Gasteiger partial charge in [-0.2, -0.15) is 24.8 Å². The zero-order valence-corrected chi connectivity index (χ0v) is 29.5. The van der Waals surface area contributed by atoms with Crippen molar-refractivity contribution in [2.24, 2.45) is 3.50 Å². The van der Waals surface area contributed by atoms with E-state index >= 15 is 0 Å². The van der Waals surface area contributed by atoms with E-state index in [4.69, 9.17) is 3.50 Å². The van der Waals surface area contributed by atoms with Crippen molar-refractivity contribution < 1.29 is 17.9 Å². The predicted molar refractivity (Wildman–Crippen MR) is 185 cm³/mol. The molecule has 0 bridgehead atoms. The van der Waals surface area contributed by atoms with E-state index in [-0.39, 0.29) is 5.41 Å². The fourth-order valence-corrected chi connectivity index (χ4v) is 5.98. The Morgan fingerprint density at radius 2 is 1.02 bits per heavy atom. The van der Waals surface area contributed by atoms with Crippen molar-refractivity contribution in [3.05, 3.63) is 151 Å². The summed E-state index contributed by atoms with van der Waals surface area (Å²) in [5.74, 6) is 2.13. The molecule has 0 amide bonds. The summed E-state index contributed by atoms with van der Waals surface area (Å²) < 4.78 is 7.59. The predicted octanol–water partition coefficient (Wildman–Crippen LogP) is 8.83. The van der Waals surface area contributed by atoms with E-state index < -0.39 is 17.9 Å². The van der Waals surface area contributed by atoms with Gasteiger partial charge in [0.15, 0.2) is 11.6 Å². The Morgan fingerprint density at radius 3 is 1.39 bits per heavy atom. The molecule has 0 saturated heterocycles. The molecule has 0 unspecified atom stereocenters. The molecule has 0 aliphatic heterocycles. The summed E-state index contributed by atoms with van der Waals surface area (Å²) in [6, 6.07) is 28.5. The minimum Gasteiger partial charge on any atom is -0.670 e. The van der Waals surface area contributed by atoms with Gasteiger partial charge in [0.05, 0.1) is 0 Å². The van der Waals surface area contributed by atoms with E-state index in [2.05, 4.69) is 124 Å². The van der Waals surface area contributed by atoms with Crippen LogP contribution in [0.4, 0.5) is 5.69 Å². The molecule has 6 aromatic rings. The van der Waals surface area contributed by atoms with Gasteiger partial charge in [-0.15, -0.1) is 0 Å². The van der Waals surface area contributed by atoms with Gasteiger partial charge in [0.1, 0.15) is 0 Å². The molecule has 8 heteroatoms. The van der Waals surface area contributed by atoms with Gasteiger partial charge in [-0.05, 0) is 12.1 Å². The Kier molecular flexibility index (Phi) is 15.5. The van der Waals surface area contributed by atoms with Crippen molar-refractivity contribution in [3.63, 3.8) is 0 Å². The number of hydrogen-bond acceptors (Lipinski definition) is 5. The quantitative estimate of drug-likeness (QED) is 0.162. The summed E-state index contributed by atoms with van der Waals surface area (Å²) in [6.07, 6.45) is 13.7. The summed E-state index contributed by atoms with van der Waals surface area (Å²) in [6.45, 7) is 13.6. The molecule has 6 rings (SSSR count). The van der Waals surface area contributed by atoms with E-state index in [1.807, 2.05) is 24.3 Å². The maximum Gasteiger partial charge on any atom is 0.197 e. The number of benzene rings is 2. The third-order valence-corrected chi connectivity index (χ3v) is 9.01. The van der Waals surface area contributed by atoms with E-state index in [0.29, 0.717) is 23.5 Å². The van der Waals surface area contributed by atoms with E-state index in [9.17, 15) is 0 Å². The molecular weight excluding hydrogens is 650 g/mol. The summed E-state index contributed by atoms with van der Waals surface area (Å²) in [5, 5.41) is 0. The molecule has 2 aromatic carbocycles. The summed E-state index contributed by atoms with van der Waals surface area (Å²) in [7, 11) is 0. The van der Waals surface area contributed by atoms with Gasteiger partial charge in [-0.3, -0.25) is 0 Å². The summed E-state index contributed by atoms with van der Waals surface area (Å²) in [4.78, 5) is 23.5. The zero-order chi connectivity index (χ0) is 33.0. The Bertz CT molecular complexity index is 1550. The molecule has 236 valence electrons. The van der Waals surface area contributed by atoms with Crippen LogP contribution in [-0.2, 0) is 23.3 Å². The summed E-state index contributed by atoms with van der Waals surface area (Å²) in [5.41, 5.74) is 5.48. The molecule has 0 saturated carbocycles. The number of aromatic nitrogens is 6. The molecule has 0 aliphatic carbocycles. The van der Waals surface area contributed by atoms with Crippen LogP contribution in [0.1, 0.15) is 70.1 Å². The minimum atomic E-state index is -0.553. The SMILES string of the molecule is CC(C)c1cccc(C(C)C)c1[N]=[Mo+2]=[CH]C(C)(C)c1ccccc1.c1cc[n-]c1.c1cc[n-]c1.c1cnc(-c2ncccn2)nc1. The van der Waals surface area contributed by atoms with Crippen LogP contribution in [0.5, 0.6) is 0 Å². The molecule has 4 aromatic heterocycles. The van der Waals surface area contributed by atoms with Gasteiger partial charge in [-0.25, -0.2) is 19.9 Å². The minimum absolute atomic E-state index is 0.0811. The van der Waals surface area contributed by atoms with E-state index in [0.717, 1.165) is 0 Å². The van der Waals surface area contributed by atoms with Crippen LogP contribution in [0, 0.1) is 0 Å². The van der Waals surface area contributed by atoms with Gasteiger partial charge in [0.25, 0.3) is 0 Å². The number of nitrogens with zero attached hydrogens (tertiary/aromatic N) is 7. The normalized spacial score (nSPS) is 10.3. The first-order valence-electron chi connectivity index (χ1n) is 15.3. The van der Waals surface area contributed by atoms with E-state index in [1.165, 1.54) is 22.4 Å². The molecule has 0 spiro atoms. The van der Waals surface area contributed by atoms with Crippen molar-refractivity contribution in [1.82, 2.24) is 29.9 Å². The molecule has 0 atom stereocenters. The van der Waals surface area contributed by atoms with Crippen LogP contribution in [0.15, 0.2) is 138 Å². The molecule has 0 aliphatic rings. The second kappa shape index (κ2) is 19.8. The van der Waals surface area contributed by atoms with Crippen molar-refractivity contribution in [1.29, 1.82) is 0 Å². The molecule has 4 heterocycles. The van der Waals surface area contributed by atoms with Crippen molar-refractivity contribution in [2.45, 2.75) is 58.8 Å². The topological polar surface area (TPSA) is 92.1 Å². The Balaban J connectivity index is 0.000000212. The Hall–Kier alpha value is -4.48. The van der Waals surface area contributed by atoms with Gasteiger partial charge in [-0.1, -0.05) is 24.3 Å². The van der Waals surface area contributed by atoms with Crippen molar-refractivity contribution in [2.75, 3.05) is 0 Å². The third kappa shape index (κ3) is 12.5. The average Bonchev–Trinajstić information content (AvgIpc) is 3.87. The number of hydrogen-bond donors (Lipinski definition) is 0. The van der Waals surface area contributed by atoms with Gasteiger partial charge in [0, 0.05) is 24.8 Å². The van der Waals surface area contributed by atoms with Crippen molar-refractivity contribution in [3.8, 4) is 11.6 Å². The standard InChI is InChI=1S/C12H17N.C10H12.C8H6N4.2C4H4N.Mo/c1-8(2)10-6-5-7-11(9(3)4)12(10)13;1-10(2,3)9-7-5-4-6-8-9;1-3-9-7(10-4-1)8-11-5-2-6-12-8;2*1-2-4-5-3-1;/h5-9H,1-4H3;1,4-8H,2-3H3;1-6H;2*1-4H;/q;;;2*-1;+2. The van der Waals surface area contributed by atoms with Crippen molar-refractivity contribution >= 4 is 10.1 Å². The van der Waals surface area contributed by atoms with E-state index in [1.54, 1.807) is 61.7 Å². The third-order valence-electron chi connectivity index (χ3n) is 6.59. The first-order chi connectivity index (χ1) is 22.3.